The summed E-state index contributed by atoms with van der Waals surface area (Å²) in [5.74, 6) is 0. The van der Waals surface area contributed by atoms with E-state index in [-0.39, 0.29) is 5.56 Å². The molecule has 1 fully saturated rings. The summed E-state index contributed by atoms with van der Waals surface area (Å²) in [4.78, 5) is 16.6. The van der Waals surface area contributed by atoms with Crippen molar-refractivity contribution in [2.75, 3.05) is 19.7 Å². The highest BCUT2D eigenvalue weighted by atomic mass is 16.5. The largest absolute Gasteiger partial charge is 0.377 e. The van der Waals surface area contributed by atoms with E-state index in [1.165, 1.54) is 12.8 Å². The van der Waals surface area contributed by atoms with Gasteiger partial charge in [0, 0.05) is 31.5 Å². The molecule has 0 bridgehead atoms. The van der Waals surface area contributed by atoms with Crippen molar-refractivity contribution in [1.82, 2.24) is 9.88 Å². The lowest BCUT2D eigenvalue weighted by molar-refractivity contribution is -0.00629. The van der Waals surface area contributed by atoms with Crippen LogP contribution in [0.15, 0.2) is 23.1 Å². The molecule has 2 heterocycles. The number of ether oxygens (including phenoxy) is 1. The second kappa shape index (κ2) is 6.71. The smallest absolute Gasteiger partial charge is 0.252 e. The third kappa shape index (κ3) is 3.68. The molecule has 1 aliphatic rings. The molecule has 100 valence electrons. The lowest BCUT2D eigenvalue weighted by Gasteiger charge is -2.29. The van der Waals surface area contributed by atoms with Crippen LogP contribution in [-0.2, 0) is 11.3 Å². The molecule has 4 nitrogen and oxygen atoms in total. The summed E-state index contributed by atoms with van der Waals surface area (Å²) in [5.41, 5.74) is 0.843. The Kier molecular flexibility index (Phi) is 4.96. The molecule has 18 heavy (non-hydrogen) atoms. The normalized spacial score (nSPS) is 20.2. The number of aromatic amines is 1. The molecule has 1 saturated heterocycles. The first-order valence-corrected chi connectivity index (χ1v) is 6.80. The summed E-state index contributed by atoms with van der Waals surface area (Å²) in [6, 6.07) is 3.77. The van der Waals surface area contributed by atoms with Gasteiger partial charge in [0.15, 0.2) is 0 Å². The van der Waals surface area contributed by atoms with E-state index in [1.54, 1.807) is 6.20 Å². The Hall–Kier alpha value is -1.13. The zero-order valence-corrected chi connectivity index (χ0v) is 11.0. The predicted octanol–water partition coefficient (Wildman–Crippen LogP) is 1.77. The molecule has 1 aromatic heterocycles. The second-order valence-electron chi connectivity index (χ2n) is 4.84. The number of pyridine rings is 1. The molecule has 2 rings (SSSR count). The monoisotopic (exact) mass is 250 g/mol. The molecule has 0 amide bonds. The third-order valence-corrected chi connectivity index (χ3v) is 3.48. The maximum atomic E-state index is 11.6. The van der Waals surface area contributed by atoms with E-state index in [0.717, 1.165) is 31.7 Å². The number of rotatable bonds is 5. The second-order valence-corrected chi connectivity index (χ2v) is 4.84. The number of H-pyrrole nitrogens is 1. The highest BCUT2D eigenvalue weighted by Crippen LogP contribution is 2.14. The van der Waals surface area contributed by atoms with E-state index in [4.69, 9.17) is 4.74 Å². The Morgan fingerprint density at radius 3 is 3.06 bits per heavy atom. The molecule has 1 N–H and O–H groups in total. The van der Waals surface area contributed by atoms with Crippen molar-refractivity contribution < 1.29 is 4.74 Å². The quantitative estimate of drug-likeness (QED) is 0.866. The van der Waals surface area contributed by atoms with Crippen LogP contribution >= 0.6 is 0 Å². The molecule has 1 aliphatic heterocycles. The number of nitrogens with zero attached hydrogens (tertiary/aromatic N) is 1. The van der Waals surface area contributed by atoms with Gasteiger partial charge in [-0.25, -0.2) is 0 Å². The molecule has 0 saturated carbocycles. The van der Waals surface area contributed by atoms with Gasteiger partial charge >= 0.3 is 0 Å². The minimum Gasteiger partial charge on any atom is -0.377 e. The SMILES string of the molecule is CCN(Cc1ccc[nH]c1=O)C[C@H]1CCCCO1. The Morgan fingerprint density at radius 1 is 1.50 bits per heavy atom. The Balaban J connectivity index is 1.92. The van der Waals surface area contributed by atoms with E-state index in [0.29, 0.717) is 12.6 Å². The molecule has 1 aromatic rings. The molecule has 1 atom stereocenters. The van der Waals surface area contributed by atoms with Gasteiger partial charge in [0.05, 0.1) is 6.10 Å². The maximum absolute atomic E-state index is 11.6. The third-order valence-electron chi connectivity index (χ3n) is 3.48. The van der Waals surface area contributed by atoms with Gasteiger partial charge < -0.3 is 9.72 Å². The van der Waals surface area contributed by atoms with E-state index < -0.39 is 0 Å². The Labute approximate surface area is 108 Å². The van der Waals surface area contributed by atoms with Crippen LogP contribution in [0.25, 0.3) is 0 Å². The number of likely N-dealkylation sites (N-methyl/N-ethyl adjacent to an activating group) is 1. The van der Waals surface area contributed by atoms with Gasteiger partial charge in [0.25, 0.3) is 5.56 Å². The predicted molar refractivity (Wildman–Crippen MR) is 71.6 cm³/mol. The fourth-order valence-corrected chi connectivity index (χ4v) is 2.37. The average Bonchev–Trinajstić information content (AvgIpc) is 2.41. The standard InChI is InChI=1S/C14H22N2O2/c1-2-16(11-13-7-3-4-9-18-13)10-12-6-5-8-15-14(12)17/h5-6,8,13H,2-4,7,9-11H2,1H3,(H,15,17)/t13-/m1/s1. The van der Waals surface area contributed by atoms with Crippen molar-refractivity contribution in [1.29, 1.82) is 0 Å². The molecule has 0 aromatic carbocycles. The zero-order valence-electron chi connectivity index (χ0n) is 11.0. The highest BCUT2D eigenvalue weighted by Gasteiger charge is 2.17. The van der Waals surface area contributed by atoms with Crippen molar-refractivity contribution >= 4 is 0 Å². The Bertz CT molecular complexity index is 410. The molecular weight excluding hydrogens is 228 g/mol. The molecule has 0 aliphatic carbocycles. The molecular formula is C14H22N2O2. The summed E-state index contributed by atoms with van der Waals surface area (Å²) < 4.78 is 5.75. The first-order valence-electron chi connectivity index (χ1n) is 6.80. The lowest BCUT2D eigenvalue weighted by Crippen LogP contribution is -2.36. The fraction of sp³-hybridized carbons (Fsp3) is 0.643. The minimum absolute atomic E-state index is 0.0144. The maximum Gasteiger partial charge on any atom is 0.252 e. The summed E-state index contributed by atoms with van der Waals surface area (Å²) in [6.45, 7) is 5.57. The minimum atomic E-state index is 0.0144. The zero-order chi connectivity index (χ0) is 12.8. The van der Waals surface area contributed by atoms with Gasteiger partial charge in [-0.3, -0.25) is 9.69 Å². The summed E-state index contributed by atoms with van der Waals surface area (Å²) >= 11 is 0. The van der Waals surface area contributed by atoms with Gasteiger partial charge in [-0.15, -0.1) is 0 Å². The van der Waals surface area contributed by atoms with Crippen LogP contribution in [0, 0.1) is 0 Å². The topological polar surface area (TPSA) is 45.3 Å². The summed E-state index contributed by atoms with van der Waals surface area (Å²) in [5, 5.41) is 0. The fourth-order valence-electron chi connectivity index (χ4n) is 2.37. The van der Waals surface area contributed by atoms with Crippen LogP contribution in [0.3, 0.4) is 0 Å². The Morgan fingerprint density at radius 2 is 2.39 bits per heavy atom. The van der Waals surface area contributed by atoms with Crippen LogP contribution in [0.2, 0.25) is 0 Å². The van der Waals surface area contributed by atoms with Crippen LogP contribution in [-0.4, -0.2) is 35.7 Å². The van der Waals surface area contributed by atoms with Crippen LogP contribution in [0.4, 0.5) is 0 Å². The van der Waals surface area contributed by atoms with Crippen molar-refractivity contribution in [3.8, 4) is 0 Å². The van der Waals surface area contributed by atoms with Crippen molar-refractivity contribution in [2.24, 2.45) is 0 Å². The van der Waals surface area contributed by atoms with Crippen LogP contribution in [0.1, 0.15) is 31.7 Å². The molecule has 0 spiro atoms. The molecule has 0 unspecified atom stereocenters. The molecule has 4 heteroatoms. The van der Waals surface area contributed by atoms with E-state index in [9.17, 15) is 4.79 Å². The van der Waals surface area contributed by atoms with E-state index in [2.05, 4.69) is 16.8 Å². The van der Waals surface area contributed by atoms with Crippen molar-refractivity contribution in [2.45, 2.75) is 38.8 Å². The van der Waals surface area contributed by atoms with Gasteiger partial charge in [0.2, 0.25) is 0 Å². The van der Waals surface area contributed by atoms with E-state index >= 15 is 0 Å². The summed E-state index contributed by atoms with van der Waals surface area (Å²) in [7, 11) is 0. The first-order chi connectivity index (χ1) is 8.79. The molecule has 0 radical (unpaired) electrons. The number of hydrogen-bond acceptors (Lipinski definition) is 3. The average molecular weight is 250 g/mol. The highest BCUT2D eigenvalue weighted by molar-refractivity contribution is 5.08. The van der Waals surface area contributed by atoms with Gasteiger partial charge in [-0.2, -0.15) is 0 Å². The van der Waals surface area contributed by atoms with Crippen LogP contribution < -0.4 is 5.56 Å². The van der Waals surface area contributed by atoms with Crippen molar-refractivity contribution in [3.05, 3.63) is 34.2 Å². The number of aromatic nitrogens is 1. The van der Waals surface area contributed by atoms with Crippen LogP contribution in [0.5, 0.6) is 0 Å². The van der Waals surface area contributed by atoms with Crippen molar-refractivity contribution in [3.63, 3.8) is 0 Å². The lowest BCUT2D eigenvalue weighted by atomic mass is 10.1. The number of hydrogen-bond donors (Lipinski definition) is 1. The van der Waals surface area contributed by atoms with E-state index in [1.807, 2.05) is 12.1 Å². The van der Waals surface area contributed by atoms with Gasteiger partial charge in [-0.05, 0) is 31.9 Å². The van der Waals surface area contributed by atoms with Gasteiger partial charge in [-0.1, -0.05) is 13.0 Å². The van der Waals surface area contributed by atoms with Gasteiger partial charge in [0.1, 0.15) is 0 Å². The summed E-state index contributed by atoms with van der Waals surface area (Å²) in [6.07, 6.45) is 5.59. The number of nitrogens with one attached hydrogen (secondary N) is 1. The first kappa shape index (κ1) is 13.3.